The van der Waals surface area contributed by atoms with E-state index >= 15 is 0 Å². The van der Waals surface area contributed by atoms with Gasteiger partial charge in [-0.3, -0.25) is 0 Å². The van der Waals surface area contributed by atoms with Gasteiger partial charge in [-0.15, -0.1) is 0 Å². The molecule has 6 rings (SSSR count). The van der Waals surface area contributed by atoms with Crippen LogP contribution in [0.4, 0.5) is 11.4 Å². The second-order valence-corrected chi connectivity index (χ2v) is 12.4. The van der Waals surface area contributed by atoms with Crippen molar-refractivity contribution in [2.45, 2.75) is 63.5 Å². The molecular weight excluding hydrogens is 512 g/mol. The van der Waals surface area contributed by atoms with Crippen molar-refractivity contribution in [3.05, 3.63) is 36.4 Å². The fraction of sp³-hybridized carbons (Fsp3) is 0.533. The summed E-state index contributed by atoms with van der Waals surface area (Å²) in [5, 5.41) is 15.1. The second kappa shape index (κ2) is 10.9. The van der Waals surface area contributed by atoms with Crippen LogP contribution in [-0.2, 0) is 0 Å². The maximum Gasteiger partial charge on any atom is 0.171 e. The van der Waals surface area contributed by atoms with E-state index in [-0.39, 0.29) is 0 Å². The minimum Gasteiger partial charge on any atom is -0.495 e. The second-order valence-electron chi connectivity index (χ2n) is 11.6. The van der Waals surface area contributed by atoms with Crippen LogP contribution in [0, 0.1) is 23.7 Å². The lowest BCUT2D eigenvalue weighted by Gasteiger charge is -2.25. The lowest BCUT2D eigenvalue weighted by Crippen LogP contribution is -2.40. The largest absolute Gasteiger partial charge is 0.495 e. The van der Waals surface area contributed by atoms with E-state index in [9.17, 15) is 0 Å². The third kappa shape index (κ3) is 5.30. The van der Waals surface area contributed by atoms with Crippen LogP contribution in [0.1, 0.15) is 51.4 Å². The number of methoxy groups -OCH3 is 2. The van der Waals surface area contributed by atoms with E-state index in [1.54, 1.807) is 14.2 Å². The number of rotatable bonds is 7. The molecule has 8 heteroatoms. The number of anilines is 2. The van der Waals surface area contributed by atoms with Gasteiger partial charge in [-0.25, -0.2) is 0 Å². The summed E-state index contributed by atoms with van der Waals surface area (Å²) >= 11 is 11.3. The molecule has 0 aromatic heterocycles. The van der Waals surface area contributed by atoms with Crippen LogP contribution in [0.15, 0.2) is 36.4 Å². The van der Waals surface area contributed by atoms with Crippen molar-refractivity contribution in [1.82, 2.24) is 10.6 Å². The van der Waals surface area contributed by atoms with Crippen LogP contribution in [-0.4, -0.2) is 36.5 Å². The molecule has 4 fully saturated rings. The van der Waals surface area contributed by atoms with Gasteiger partial charge in [0, 0.05) is 12.1 Å². The van der Waals surface area contributed by atoms with Crippen molar-refractivity contribution in [3.63, 3.8) is 0 Å². The Kier molecular flexibility index (Phi) is 7.36. The zero-order valence-corrected chi connectivity index (χ0v) is 23.9. The van der Waals surface area contributed by atoms with E-state index in [1.165, 1.54) is 51.4 Å². The molecule has 2 aromatic rings. The summed E-state index contributed by atoms with van der Waals surface area (Å²) in [5.74, 6) is 4.77. The predicted molar refractivity (Wildman–Crippen MR) is 162 cm³/mol. The van der Waals surface area contributed by atoms with Gasteiger partial charge >= 0.3 is 0 Å². The van der Waals surface area contributed by atoms with E-state index < -0.39 is 0 Å². The van der Waals surface area contributed by atoms with Crippen molar-refractivity contribution in [1.29, 1.82) is 0 Å². The highest BCUT2D eigenvalue weighted by Crippen LogP contribution is 2.45. The molecule has 2 aromatic carbocycles. The number of hydrogen-bond acceptors (Lipinski definition) is 4. The number of fused-ring (bicyclic) bond motifs is 4. The highest BCUT2D eigenvalue weighted by atomic mass is 32.1. The van der Waals surface area contributed by atoms with E-state index in [0.717, 1.165) is 57.7 Å². The summed E-state index contributed by atoms with van der Waals surface area (Å²) in [6, 6.07) is 13.3. The number of nitrogens with one attached hydrogen (secondary N) is 4. The van der Waals surface area contributed by atoms with Crippen LogP contribution in [0.2, 0.25) is 0 Å². The molecular formula is C30H38N4O2S2. The normalized spacial score (nSPS) is 28.7. The van der Waals surface area contributed by atoms with Crippen molar-refractivity contribution in [2.24, 2.45) is 23.7 Å². The Bertz CT molecular complexity index is 1130. The van der Waals surface area contributed by atoms with Gasteiger partial charge in [0.25, 0.3) is 0 Å². The Morgan fingerprint density at radius 2 is 1.11 bits per heavy atom. The molecule has 0 amide bonds. The Balaban J connectivity index is 1.11. The molecule has 0 aliphatic heterocycles. The van der Waals surface area contributed by atoms with Crippen molar-refractivity contribution in [2.75, 3.05) is 24.9 Å². The third-order valence-corrected chi connectivity index (χ3v) is 9.78. The molecule has 4 aliphatic rings. The molecule has 0 saturated heterocycles. The number of ether oxygens (including phenoxy) is 2. The minimum atomic E-state index is 0.495. The zero-order chi connectivity index (χ0) is 26.2. The van der Waals surface area contributed by atoms with E-state index in [4.69, 9.17) is 33.9 Å². The first-order valence-corrected chi connectivity index (χ1v) is 14.8. The van der Waals surface area contributed by atoms with Gasteiger partial charge in [0.2, 0.25) is 0 Å². The van der Waals surface area contributed by atoms with E-state index in [0.29, 0.717) is 22.3 Å². The van der Waals surface area contributed by atoms with Crippen LogP contribution in [0.3, 0.4) is 0 Å². The first-order valence-electron chi connectivity index (χ1n) is 14.0. The van der Waals surface area contributed by atoms with Crippen LogP contribution >= 0.6 is 24.4 Å². The van der Waals surface area contributed by atoms with Gasteiger partial charge in [0.15, 0.2) is 10.2 Å². The lowest BCUT2D eigenvalue weighted by molar-refractivity contribution is 0.391. The summed E-state index contributed by atoms with van der Waals surface area (Å²) in [6.07, 6.45) is 10.6. The average molecular weight is 551 g/mol. The topological polar surface area (TPSA) is 66.6 Å². The van der Waals surface area contributed by atoms with E-state index in [1.807, 2.05) is 24.3 Å². The quantitative estimate of drug-likeness (QED) is 0.299. The monoisotopic (exact) mass is 550 g/mol. The molecule has 0 radical (unpaired) electrons. The summed E-state index contributed by atoms with van der Waals surface area (Å²) in [7, 11) is 3.38. The fourth-order valence-electron chi connectivity index (χ4n) is 7.44. The molecule has 6 atom stereocenters. The Hall–Kier alpha value is -2.58. The first kappa shape index (κ1) is 25.7. The van der Waals surface area contributed by atoms with Gasteiger partial charge in [0.05, 0.1) is 25.6 Å². The molecule has 4 saturated carbocycles. The maximum atomic E-state index is 5.73. The number of hydrogen-bond donors (Lipinski definition) is 4. The van der Waals surface area contributed by atoms with Gasteiger partial charge in [-0.05, 0) is 122 Å². The molecule has 6 nitrogen and oxygen atoms in total. The highest BCUT2D eigenvalue weighted by Gasteiger charge is 2.40. The van der Waals surface area contributed by atoms with Crippen molar-refractivity contribution in [3.8, 4) is 22.6 Å². The molecule has 4 aliphatic carbocycles. The van der Waals surface area contributed by atoms with Gasteiger partial charge in [-0.1, -0.05) is 25.0 Å². The molecule has 0 unspecified atom stereocenters. The first-order chi connectivity index (χ1) is 18.5. The maximum absolute atomic E-state index is 5.73. The standard InChI is InChI=1S/C30H38N4O2S2/c1-35-27-15-19(7-9-23(27)31-29(37)33-25-13-17-3-5-21(25)11-17)20-8-10-24(28(16-20)36-2)32-30(38)34-26-14-18-4-6-22(26)12-18/h7-10,15-18,21-22,25-26H,3-6,11-14H2,1-2H3,(H2,31,33,37)(H2,32,34,38)/t17-,18-,21-,22-,25-,26+/m0/s1. The summed E-state index contributed by atoms with van der Waals surface area (Å²) < 4.78 is 11.5. The van der Waals surface area contributed by atoms with Crippen LogP contribution < -0.4 is 30.7 Å². The van der Waals surface area contributed by atoms with Gasteiger partial charge < -0.3 is 30.7 Å². The fourth-order valence-corrected chi connectivity index (χ4v) is 7.97. The van der Waals surface area contributed by atoms with Gasteiger partial charge in [-0.2, -0.15) is 0 Å². The third-order valence-electron chi connectivity index (χ3n) is 9.34. The smallest absolute Gasteiger partial charge is 0.171 e. The summed E-state index contributed by atoms with van der Waals surface area (Å²) in [6.45, 7) is 0. The van der Waals surface area contributed by atoms with Crippen LogP contribution in [0.5, 0.6) is 11.5 Å². The lowest BCUT2D eigenvalue weighted by atomic mass is 9.95. The summed E-state index contributed by atoms with van der Waals surface area (Å²) in [5.41, 5.74) is 3.79. The minimum absolute atomic E-state index is 0.495. The summed E-state index contributed by atoms with van der Waals surface area (Å²) in [4.78, 5) is 0. The molecule has 0 heterocycles. The average Bonchev–Trinajstić information content (AvgIpc) is 3.72. The molecule has 4 bridgehead atoms. The van der Waals surface area contributed by atoms with Crippen molar-refractivity contribution < 1.29 is 9.47 Å². The molecule has 202 valence electrons. The highest BCUT2D eigenvalue weighted by molar-refractivity contribution is 7.80. The predicted octanol–water partition coefficient (Wildman–Crippen LogP) is 6.32. The van der Waals surface area contributed by atoms with Gasteiger partial charge in [0.1, 0.15) is 11.5 Å². The molecule has 4 N–H and O–H groups in total. The van der Waals surface area contributed by atoms with Crippen LogP contribution in [0.25, 0.3) is 11.1 Å². The number of thiocarbonyl (C=S) groups is 2. The molecule has 0 spiro atoms. The Labute approximate surface area is 236 Å². The SMILES string of the molecule is COc1cc(-c2ccc(NC(=S)N[C@@H]3C[C@H]4CC[C@H]3C4)c(OC)c2)ccc1NC(=S)N[C@H]1C[C@H]2CC[C@H]1C2. The van der Waals surface area contributed by atoms with E-state index in [2.05, 4.69) is 33.4 Å². The number of benzene rings is 2. The Morgan fingerprint density at radius 3 is 1.45 bits per heavy atom. The Morgan fingerprint density at radius 1 is 0.658 bits per heavy atom. The zero-order valence-electron chi connectivity index (χ0n) is 22.2. The molecule has 38 heavy (non-hydrogen) atoms. The van der Waals surface area contributed by atoms with Crippen molar-refractivity contribution >= 4 is 46.0 Å².